The number of nitrogens with zero attached hydrogens (tertiary/aromatic N) is 2. The molecule has 1 heterocycles. The number of ether oxygens (including phenoxy) is 2. The first-order chi connectivity index (χ1) is 9.72. The van der Waals surface area contributed by atoms with Gasteiger partial charge >= 0.3 is 5.97 Å². The summed E-state index contributed by atoms with van der Waals surface area (Å²) in [4.78, 5) is 19.3. The Labute approximate surface area is 116 Å². The Morgan fingerprint density at radius 2 is 2.10 bits per heavy atom. The summed E-state index contributed by atoms with van der Waals surface area (Å²) in [6.07, 6.45) is 2.85. The monoisotopic (exact) mass is 273 g/mol. The highest BCUT2D eigenvalue weighted by Gasteiger charge is 2.07. The summed E-state index contributed by atoms with van der Waals surface area (Å²) >= 11 is 0. The lowest BCUT2D eigenvalue weighted by molar-refractivity contribution is 0.0593. The third-order valence-electron chi connectivity index (χ3n) is 2.56. The second kappa shape index (κ2) is 6.63. The minimum absolute atomic E-state index is 0.172. The van der Waals surface area contributed by atoms with Crippen LogP contribution in [-0.4, -0.2) is 30.2 Å². The first-order valence-corrected chi connectivity index (χ1v) is 5.98. The van der Waals surface area contributed by atoms with Crippen molar-refractivity contribution in [1.82, 2.24) is 9.97 Å². The molecule has 0 aliphatic carbocycles. The SMILES string of the molecule is COCc1cccc(Nc2cnc(C(=O)OC)cn2)c1. The number of hydrogen-bond acceptors (Lipinski definition) is 6. The van der Waals surface area contributed by atoms with Crippen molar-refractivity contribution in [3.8, 4) is 0 Å². The molecule has 1 N–H and O–H groups in total. The number of carbonyl (C=O) groups excluding carboxylic acids is 1. The standard InChI is InChI=1S/C14H15N3O3/c1-19-9-10-4-3-5-11(6-10)17-13-8-15-12(7-16-13)14(18)20-2/h3-8H,9H2,1-2H3,(H,16,17). The molecule has 2 rings (SSSR count). The molecule has 0 aliphatic heterocycles. The second-order valence-corrected chi connectivity index (χ2v) is 4.04. The van der Waals surface area contributed by atoms with Crippen molar-refractivity contribution in [1.29, 1.82) is 0 Å². The molecule has 0 amide bonds. The number of esters is 1. The number of nitrogens with one attached hydrogen (secondary N) is 1. The van der Waals surface area contributed by atoms with E-state index in [1.807, 2.05) is 24.3 Å². The number of methoxy groups -OCH3 is 2. The van der Waals surface area contributed by atoms with Crippen LogP contribution in [0.3, 0.4) is 0 Å². The molecule has 104 valence electrons. The van der Waals surface area contributed by atoms with E-state index in [0.29, 0.717) is 12.4 Å². The Morgan fingerprint density at radius 3 is 2.75 bits per heavy atom. The Balaban J connectivity index is 2.09. The van der Waals surface area contributed by atoms with Gasteiger partial charge in [-0.3, -0.25) is 0 Å². The number of hydrogen-bond donors (Lipinski definition) is 1. The molecule has 0 bridgehead atoms. The minimum atomic E-state index is -0.508. The number of carbonyl (C=O) groups is 1. The molecule has 20 heavy (non-hydrogen) atoms. The van der Waals surface area contributed by atoms with Crippen molar-refractivity contribution >= 4 is 17.5 Å². The molecule has 0 fully saturated rings. The van der Waals surface area contributed by atoms with Crippen LogP contribution in [0, 0.1) is 0 Å². The molecule has 0 atom stereocenters. The Bertz CT molecular complexity index is 584. The molecule has 0 aliphatic rings. The fourth-order valence-corrected chi connectivity index (χ4v) is 1.66. The molecule has 0 saturated carbocycles. The van der Waals surface area contributed by atoms with Crippen LogP contribution >= 0.6 is 0 Å². The number of aromatic nitrogens is 2. The van der Waals surface area contributed by atoms with E-state index in [-0.39, 0.29) is 5.69 Å². The molecular formula is C14H15N3O3. The van der Waals surface area contributed by atoms with E-state index < -0.39 is 5.97 Å². The van der Waals surface area contributed by atoms with E-state index in [2.05, 4.69) is 20.0 Å². The van der Waals surface area contributed by atoms with Gasteiger partial charge in [0.1, 0.15) is 5.82 Å². The zero-order chi connectivity index (χ0) is 14.4. The van der Waals surface area contributed by atoms with Crippen LogP contribution in [0.1, 0.15) is 16.1 Å². The summed E-state index contributed by atoms with van der Waals surface area (Å²) in [5.74, 6) is 0.0401. The van der Waals surface area contributed by atoms with Crippen LogP contribution in [0.5, 0.6) is 0 Å². The predicted octanol–water partition coefficient (Wildman–Crippen LogP) is 2.15. The zero-order valence-electron chi connectivity index (χ0n) is 11.3. The lowest BCUT2D eigenvalue weighted by atomic mass is 10.2. The van der Waals surface area contributed by atoms with Gasteiger partial charge in [-0.2, -0.15) is 0 Å². The molecule has 2 aromatic rings. The van der Waals surface area contributed by atoms with Crippen molar-refractivity contribution in [2.24, 2.45) is 0 Å². The third kappa shape index (κ3) is 3.52. The molecule has 6 heteroatoms. The average Bonchev–Trinajstić information content (AvgIpc) is 2.48. The van der Waals surface area contributed by atoms with Crippen molar-refractivity contribution in [3.63, 3.8) is 0 Å². The normalized spacial score (nSPS) is 10.1. The van der Waals surface area contributed by atoms with E-state index in [4.69, 9.17) is 4.74 Å². The summed E-state index contributed by atoms with van der Waals surface area (Å²) in [5.41, 5.74) is 2.10. The first kappa shape index (κ1) is 14.0. The van der Waals surface area contributed by atoms with Crippen LogP contribution in [0.25, 0.3) is 0 Å². The molecule has 0 spiro atoms. The highest BCUT2D eigenvalue weighted by atomic mass is 16.5. The summed E-state index contributed by atoms with van der Waals surface area (Å²) in [5, 5.41) is 3.11. The van der Waals surface area contributed by atoms with E-state index in [1.54, 1.807) is 7.11 Å². The van der Waals surface area contributed by atoms with Crippen molar-refractivity contribution in [3.05, 3.63) is 47.9 Å². The maximum atomic E-state index is 11.2. The number of rotatable bonds is 5. The smallest absolute Gasteiger partial charge is 0.358 e. The minimum Gasteiger partial charge on any atom is -0.464 e. The predicted molar refractivity (Wildman–Crippen MR) is 73.8 cm³/mol. The van der Waals surface area contributed by atoms with Crippen LogP contribution in [0.4, 0.5) is 11.5 Å². The molecule has 1 aromatic heterocycles. The van der Waals surface area contributed by atoms with Gasteiger partial charge in [-0.05, 0) is 17.7 Å². The van der Waals surface area contributed by atoms with E-state index >= 15 is 0 Å². The van der Waals surface area contributed by atoms with Crippen LogP contribution in [-0.2, 0) is 16.1 Å². The lowest BCUT2D eigenvalue weighted by Gasteiger charge is -2.07. The van der Waals surface area contributed by atoms with Gasteiger partial charge in [0.2, 0.25) is 0 Å². The van der Waals surface area contributed by atoms with Gasteiger partial charge in [-0.15, -0.1) is 0 Å². The van der Waals surface area contributed by atoms with Crippen molar-refractivity contribution in [2.75, 3.05) is 19.5 Å². The van der Waals surface area contributed by atoms with Crippen molar-refractivity contribution < 1.29 is 14.3 Å². The average molecular weight is 273 g/mol. The van der Waals surface area contributed by atoms with Gasteiger partial charge < -0.3 is 14.8 Å². The summed E-state index contributed by atoms with van der Waals surface area (Å²) in [7, 11) is 2.95. The van der Waals surface area contributed by atoms with Crippen LogP contribution in [0.15, 0.2) is 36.7 Å². The quantitative estimate of drug-likeness (QED) is 0.841. The molecule has 0 radical (unpaired) electrons. The third-order valence-corrected chi connectivity index (χ3v) is 2.56. The first-order valence-electron chi connectivity index (χ1n) is 5.98. The van der Waals surface area contributed by atoms with E-state index in [9.17, 15) is 4.79 Å². The van der Waals surface area contributed by atoms with Crippen LogP contribution in [0.2, 0.25) is 0 Å². The maximum absolute atomic E-state index is 11.2. The second-order valence-electron chi connectivity index (χ2n) is 4.04. The van der Waals surface area contributed by atoms with Gasteiger partial charge in [-0.1, -0.05) is 12.1 Å². The molecular weight excluding hydrogens is 258 g/mol. The molecule has 1 aromatic carbocycles. The van der Waals surface area contributed by atoms with E-state index in [0.717, 1.165) is 11.3 Å². The lowest BCUT2D eigenvalue weighted by Crippen LogP contribution is -2.05. The van der Waals surface area contributed by atoms with Gasteiger partial charge in [0.25, 0.3) is 0 Å². The molecule has 0 unspecified atom stereocenters. The summed E-state index contributed by atoms with van der Waals surface area (Å²) < 4.78 is 9.64. The summed E-state index contributed by atoms with van der Waals surface area (Å²) in [6.45, 7) is 0.544. The van der Waals surface area contributed by atoms with Crippen LogP contribution < -0.4 is 5.32 Å². The van der Waals surface area contributed by atoms with Crippen molar-refractivity contribution in [2.45, 2.75) is 6.61 Å². The van der Waals surface area contributed by atoms with E-state index in [1.165, 1.54) is 19.5 Å². The number of anilines is 2. The molecule has 0 saturated heterocycles. The summed E-state index contributed by atoms with van der Waals surface area (Å²) in [6, 6.07) is 7.77. The fraction of sp³-hybridized carbons (Fsp3) is 0.214. The Morgan fingerprint density at radius 1 is 1.25 bits per heavy atom. The fourth-order valence-electron chi connectivity index (χ4n) is 1.66. The molecule has 6 nitrogen and oxygen atoms in total. The Hall–Kier alpha value is -2.47. The zero-order valence-corrected chi connectivity index (χ0v) is 11.3. The maximum Gasteiger partial charge on any atom is 0.358 e. The highest BCUT2D eigenvalue weighted by Crippen LogP contribution is 2.16. The largest absolute Gasteiger partial charge is 0.464 e. The number of benzene rings is 1. The van der Waals surface area contributed by atoms with Gasteiger partial charge in [-0.25, -0.2) is 14.8 Å². The van der Waals surface area contributed by atoms with Gasteiger partial charge in [0.15, 0.2) is 5.69 Å². The van der Waals surface area contributed by atoms with Gasteiger partial charge in [0, 0.05) is 12.8 Å². The topological polar surface area (TPSA) is 73.3 Å². The Kier molecular flexibility index (Phi) is 4.62. The van der Waals surface area contributed by atoms with Gasteiger partial charge in [0.05, 0.1) is 26.1 Å². The highest BCUT2D eigenvalue weighted by molar-refractivity contribution is 5.86.